The molecule has 0 aliphatic heterocycles. The zero-order valence-electron chi connectivity index (χ0n) is 5.85. The lowest BCUT2D eigenvalue weighted by atomic mass is 10.1. The van der Waals surface area contributed by atoms with Crippen molar-refractivity contribution in [2.24, 2.45) is 0 Å². The van der Waals surface area contributed by atoms with Crippen molar-refractivity contribution in [3.8, 4) is 0 Å². The van der Waals surface area contributed by atoms with Gasteiger partial charge in [0.05, 0.1) is 5.57 Å². The summed E-state index contributed by atoms with van der Waals surface area (Å²) in [6.45, 7) is 0. The Morgan fingerprint density at radius 1 is 1.17 bits per heavy atom. The van der Waals surface area contributed by atoms with Crippen molar-refractivity contribution < 1.29 is 25.2 Å². The molecule has 0 aromatic rings. The highest BCUT2D eigenvalue weighted by Gasteiger charge is 2.24. The van der Waals surface area contributed by atoms with Crippen molar-refractivity contribution in [2.45, 2.75) is 0 Å². The van der Waals surface area contributed by atoms with Crippen LogP contribution in [0.15, 0.2) is 35.0 Å². The number of carboxylic acids is 1. The van der Waals surface area contributed by atoms with Gasteiger partial charge in [-0.05, 0) is 12.2 Å². The molecule has 0 fully saturated rings. The van der Waals surface area contributed by atoms with E-state index in [0.717, 1.165) is 12.2 Å². The fraction of sp³-hybridized carbons (Fsp3) is 0. The fourth-order valence-corrected chi connectivity index (χ4v) is 0.878. The number of allylic oxidation sites excluding steroid dienone is 2. The summed E-state index contributed by atoms with van der Waals surface area (Å²) in [5.74, 6) is -3.01. The molecule has 0 bridgehead atoms. The van der Waals surface area contributed by atoms with Crippen LogP contribution in [0.3, 0.4) is 0 Å². The maximum absolute atomic E-state index is 10.4. The molecule has 1 aliphatic carbocycles. The number of aliphatic carboxylic acids is 1. The molecule has 0 aromatic heterocycles. The van der Waals surface area contributed by atoms with E-state index in [4.69, 9.17) is 20.4 Å². The van der Waals surface area contributed by atoms with Gasteiger partial charge in [0.1, 0.15) is 11.3 Å². The molecule has 0 aromatic carbocycles. The Balaban J connectivity index is 3.22. The predicted molar refractivity (Wildman–Crippen MR) is 38.7 cm³/mol. The Labute approximate surface area is 67.2 Å². The molecule has 5 heteroatoms. The molecule has 12 heavy (non-hydrogen) atoms. The summed E-state index contributed by atoms with van der Waals surface area (Å²) in [5, 5.41) is 34.6. The summed E-state index contributed by atoms with van der Waals surface area (Å²) in [6.07, 6.45) is 2.18. The lowest BCUT2D eigenvalue weighted by Crippen LogP contribution is -2.04. The Morgan fingerprint density at radius 2 is 1.75 bits per heavy atom. The van der Waals surface area contributed by atoms with Gasteiger partial charge in [-0.3, -0.25) is 0 Å². The Morgan fingerprint density at radius 3 is 2.08 bits per heavy atom. The summed E-state index contributed by atoms with van der Waals surface area (Å²) < 4.78 is 0. The second kappa shape index (κ2) is 2.61. The molecule has 64 valence electrons. The van der Waals surface area contributed by atoms with E-state index in [1.807, 2.05) is 0 Å². The standard InChI is InChI=1S/C7H6O5/c8-4-2-1-3(6(9)10)5(4)7(11)12/h1-2,8-10H,(H,11,12). The highest BCUT2D eigenvalue weighted by Crippen LogP contribution is 2.24. The van der Waals surface area contributed by atoms with Crippen LogP contribution in [0.1, 0.15) is 0 Å². The van der Waals surface area contributed by atoms with Crippen molar-refractivity contribution in [3.63, 3.8) is 0 Å². The predicted octanol–water partition coefficient (Wildman–Crippen LogP) is 0.780. The topological polar surface area (TPSA) is 98.0 Å². The van der Waals surface area contributed by atoms with E-state index in [2.05, 4.69) is 0 Å². The van der Waals surface area contributed by atoms with E-state index in [0.29, 0.717) is 0 Å². The first-order valence-electron chi connectivity index (χ1n) is 3.01. The number of carboxylic acid groups (broad SMARTS) is 1. The average Bonchev–Trinajstić information content (AvgIpc) is 2.30. The molecule has 0 amide bonds. The van der Waals surface area contributed by atoms with Crippen molar-refractivity contribution in [2.75, 3.05) is 0 Å². The maximum atomic E-state index is 10.4. The van der Waals surface area contributed by atoms with E-state index in [9.17, 15) is 4.79 Å². The molecule has 1 aliphatic rings. The molecule has 0 heterocycles. The summed E-state index contributed by atoms with van der Waals surface area (Å²) in [7, 11) is 0. The minimum atomic E-state index is -1.41. The van der Waals surface area contributed by atoms with Crippen LogP contribution < -0.4 is 0 Å². The minimum Gasteiger partial charge on any atom is -0.507 e. The normalized spacial score (nSPS) is 15.5. The van der Waals surface area contributed by atoms with Crippen molar-refractivity contribution in [1.82, 2.24) is 0 Å². The summed E-state index contributed by atoms with van der Waals surface area (Å²) in [6, 6.07) is 0. The molecule has 1 rings (SSSR count). The number of aliphatic hydroxyl groups excluding tert-OH is 2. The van der Waals surface area contributed by atoms with E-state index in [1.165, 1.54) is 0 Å². The van der Waals surface area contributed by atoms with Crippen molar-refractivity contribution in [3.05, 3.63) is 35.0 Å². The van der Waals surface area contributed by atoms with Gasteiger partial charge in [-0.25, -0.2) is 4.79 Å². The van der Waals surface area contributed by atoms with Gasteiger partial charge in [0.15, 0.2) is 0 Å². The fourth-order valence-electron chi connectivity index (χ4n) is 0.878. The van der Waals surface area contributed by atoms with Crippen molar-refractivity contribution >= 4 is 5.97 Å². The first kappa shape index (κ1) is 8.19. The van der Waals surface area contributed by atoms with Crippen LogP contribution in [-0.4, -0.2) is 26.4 Å². The van der Waals surface area contributed by atoms with Gasteiger partial charge in [0.25, 0.3) is 5.95 Å². The van der Waals surface area contributed by atoms with Crippen LogP contribution in [0, 0.1) is 0 Å². The molecule has 5 nitrogen and oxygen atoms in total. The van der Waals surface area contributed by atoms with E-state index in [1.54, 1.807) is 0 Å². The summed E-state index contributed by atoms with van der Waals surface area (Å²) in [4.78, 5) is 10.4. The molecule has 0 saturated carbocycles. The van der Waals surface area contributed by atoms with Crippen LogP contribution in [0.25, 0.3) is 0 Å². The summed E-state index contributed by atoms with van der Waals surface area (Å²) >= 11 is 0. The number of carbonyl (C=O) groups is 1. The number of aliphatic hydroxyl groups is 3. The molecule has 4 N–H and O–H groups in total. The molecular weight excluding hydrogens is 164 g/mol. The molecule has 0 spiro atoms. The Hall–Kier alpha value is -1.91. The average molecular weight is 170 g/mol. The van der Waals surface area contributed by atoms with Crippen LogP contribution in [-0.2, 0) is 4.79 Å². The highest BCUT2D eigenvalue weighted by molar-refractivity contribution is 5.95. The molecule has 0 saturated heterocycles. The second-order valence-electron chi connectivity index (χ2n) is 2.14. The lowest BCUT2D eigenvalue weighted by molar-refractivity contribution is -0.132. The third-order valence-electron chi connectivity index (χ3n) is 1.39. The minimum absolute atomic E-state index is 0.292. The first-order chi connectivity index (χ1) is 5.54. The SMILES string of the molecule is O=C(O)C1=C(O)C=CC1=C(O)O. The zero-order valence-corrected chi connectivity index (χ0v) is 5.85. The van der Waals surface area contributed by atoms with Gasteiger partial charge in [-0.15, -0.1) is 0 Å². The second-order valence-corrected chi connectivity index (χ2v) is 2.14. The van der Waals surface area contributed by atoms with Gasteiger partial charge in [0.2, 0.25) is 0 Å². The van der Waals surface area contributed by atoms with Crippen LogP contribution in [0.2, 0.25) is 0 Å². The third kappa shape index (κ3) is 1.12. The number of rotatable bonds is 1. The van der Waals surface area contributed by atoms with Gasteiger partial charge in [0, 0.05) is 0 Å². The molecule has 0 unspecified atom stereocenters. The number of hydrogen-bond donors (Lipinski definition) is 4. The summed E-state index contributed by atoms with van der Waals surface area (Å²) in [5.41, 5.74) is -0.796. The smallest absolute Gasteiger partial charge is 0.340 e. The lowest BCUT2D eigenvalue weighted by Gasteiger charge is -1.98. The van der Waals surface area contributed by atoms with E-state index >= 15 is 0 Å². The largest absolute Gasteiger partial charge is 0.507 e. The van der Waals surface area contributed by atoms with Crippen molar-refractivity contribution in [1.29, 1.82) is 0 Å². The van der Waals surface area contributed by atoms with Crippen LogP contribution >= 0.6 is 0 Å². The van der Waals surface area contributed by atoms with E-state index < -0.39 is 23.2 Å². The molecule has 0 radical (unpaired) electrons. The van der Waals surface area contributed by atoms with Gasteiger partial charge in [-0.1, -0.05) is 0 Å². The van der Waals surface area contributed by atoms with Gasteiger partial charge in [-0.2, -0.15) is 0 Å². The van der Waals surface area contributed by atoms with Gasteiger partial charge >= 0.3 is 5.97 Å². The van der Waals surface area contributed by atoms with E-state index in [-0.39, 0.29) is 5.57 Å². The highest BCUT2D eigenvalue weighted by atomic mass is 16.5. The quantitative estimate of drug-likeness (QED) is 0.436. The number of hydrogen-bond acceptors (Lipinski definition) is 4. The van der Waals surface area contributed by atoms with Crippen LogP contribution in [0.4, 0.5) is 0 Å². The molecular formula is C7H6O5. The monoisotopic (exact) mass is 170 g/mol. The third-order valence-corrected chi connectivity index (χ3v) is 1.39. The molecule has 0 atom stereocenters. The zero-order chi connectivity index (χ0) is 9.30. The van der Waals surface area contributed by atoms with Crippen LogP contribution in [0.5, 0.6) is 0 Å². The first-order valence-corrected chi connectivity index (χ1v) is 3.01. The maximum Gasteiger partial charge on any atom is 0.340 e. The Kier molecular flexibility index (Phi) is 1.78. The Bertz CT molecular complexity index is 317. The van der Waals surface area contributed by atoms with Gasteiger partial charge < -0.3 is 20.4 Å².